The van der Waals surface area contributed by atoms with Crippen LogP contribution in [0.5, 0.6) is 0 Å². The largest absolute Gasteiger partial charge is 0.332 e. The molecule has 4 nitrogen and oxygen atoms in total. The Morgan fingerprint density at radius 1 is 1.04 bits per heavy atom. The average Bonchev–Trinajstić information content (AvgIpc) is 2.88. The SMILES string of the molecule is Cc1ccc(NC(=S)Nc2c(C)nn(Cc3ccccc3F)c2C)cc1C. The third-order valence-electron chi connectivity index (χ3n) is 4.66. The number of benzene rings is 2. The van der Waals surface area contributed by atoms with Gasteiger partial charge in [0.1, 0.15) is 5.82 Å². The minimum atomic E-state index is -0.230. The smallest absolute Gasteiger partial charge is 0.175 e. The van der Waals surface area contributed by atoms with Crippen molar-refractivity contribution < 1.29 is 4.39 Å². The Morgan fingerprint density at radius 2 is 1.78 bits per heavy atom. The van der Waals surface area contributed by atoms with Crippen molar-refractivity contribution in [3.63, 3.8) is 0 Å². The second-order valence-electron chi connectivity index (χ2n) is 6.67. The summed E-state index contributed by atoms with van der Waals surface area (Å²) >= 11 is 5.45. The molecule has 2 N–H and O–H groups in total. The summed E-state index contributed by atoms with van der Waals surface area (Å²) in [6.45, 7) is 8.37. The van der Waals surface area contributed by atoms with Crippen molar-refractivity contribution >= 4 is 28.7 Å². The molecule has 0 aliphatic rings. The Kier molecular flexibility index (Phi) is 5.56. The summed E-state index contributed by atoms with van der Waals surface area (Å²) in [4.78, 5) is 0. The second-order valence-corrected chi connectivity index (χ2v) is 7.08. The molecule has 0 saturated heterocycles. The molecule has 0 amide bonds. The zero-order chi connectivity index (χ0) is 19.6. The number of aromatic nitrogens is 2. The van der Waals surface area contributed by atoms with E-state index in [1.165, 1.54) is 17.2 Å². The Morgan fingerprint density at radius 3 is 2.48 bits per heavy atom. The molecule has 0 radical (unpaired) electrons. The molecule has 0 unspecified atom stereocenters. The van der Waals surface area contributed by atoms with Gasteiger partial charge in [0.15, 0.2) is 5.11 Å². The zero-order valence-corrected chi connectivity index (χ0v) is 16.7. The molecule has 1 aromatic heterocycles. The fourth-order valence-electron chi connectivity index (χ4n) is 2.91. The topological polar surface area (TPSA) is 41.9 Å². The van der Waals surface area contributed by atoms with Gasteiger partial charge >= 0.3 is 0 Å². The number of hydrogen-bond acceptors (Lipinski definition) is 2. The van der Waals surface area contributed by atoms with E-state index in [-0.39, 0.29) is 5.82 Å². The van der Waals surface area contributed by atoms with Crippen molar-refractivity contribution in [3.05, 3.63) is 76.4 Å². The quantitative estimate of drug-likeness (QED) is 0.615. The fraction of sp³-hybridized carbons (Fsp3) is 0.238. The first-order valence-corrected chi connectivity index (χ1v) is 9.18. The summed E-state index contributed by atoms with van der Waals surface area (Å²) in [5.74, 6) is -0.230. The van der Waals surface area contributed by atoms with Gasteiger partial charge in [-0.3, -0.25) is 4.68 Å². The summed E-state index contributed by atoms with van der Waals surface area (Å²) in [5, 5.41) is 11.5. The minimum Gasteiger partial charge on any atom is -0.332 e. The van der Waals surface area contributed by atoms with Crippen LogP contribution in [0.25, 0.3) is 0 Å². The van der Waals surface area contributed by atoms with Crippen LogP contribution in [0.15, 0.2) is 42.5 Å². The van der Waals surface area contributed by atoms with Crippen LogP contribution in [0.4, 0.5) is 15.8 Å². The Hall–Kier alpha value is -2.73. The predicted molar refractivity (Wildman–Crippen MR) is 113 cm³/mol. The highest BCUT2D eigenvalue weighted by atomic mass is 32.1. The molecule has 0 aliphatic heterocycles. The maximum atomic E-state index is 13.9. The van der Waals surface area contributed by atoms with Crippen LogP contribution < -0.4 is 10.6 Å². The molecular formula is C21H23FN4S. The summed E-state index contributed by atoms with van der Waals surface area (Å²) in [5.41, 5.74) is 6.53. The van der Waals surface area contributed by atoms with Crippen molar-refractivity contribution in [3.8, 4) is 0 Å². The monoisotopic (exact) mass is 382 g/mol. The number of rotatable bonds is 4. The van der Waals surface area contributed by atoms with E-state index >= 15 is 0 Å². The number of thiocarbonyl (C=S) groups is 1. The predicted octanol–water partition coefficient (Wildman–Crippen LogP) is 5.11. The Labute approximate surface area is 164 Å². The third kappa shape index (κ3) is 4.34. The first-order valence-electron chi connectivity index (χ1n) is 8.78. The molecule has 0 saturated carbocycles. The number of nitrogens with one attached hydrogen (secondary N) is 2. The molecular weight excluding hydrogens is 359 g/mol. The highest BCUT2D eigenvalue weighted by Crippen LogP contribution is 2.22. The fourth-order valence-corrected chi connectivity index (χ4v) is 3.13. The molecule has 2 aromatic carbocycles. The Balaban J connectivity index is 1.75. The molecule has 6 heteroatoms. The van der Waals surface area contributed by atoms with Gasteiger partial charge in [-0.1, -0.05) is 24.3 Å². The van der Waals surface area contributed by atoms with E-state index in [4.69, 9.17) is 12.2 Å². The highest BCUT2D eigenvalue weighted by molar-refractivity contribution is 7.80. The number of aryl methyl sites for hydroxylation is 3. The van der Waals surface area contributed by atoms with Crippen molar-refractivity contribution in [2.45, 2.75) is 34.2 Å². The normalized spacial score (nSPS) is 10.7. The van der Waals surface area contributed by atoms with Gasteiger partial charge in [-0.25, -0.2) is 4.39 Å². The van der Waals surface area contributed by atoms with Gasteiger partial charge in [0.25, 0.3) is 0 Å². The molecule has 0 spiro atoms. The molecule has 0 atom stereocenters. The highest BCUT2D eigenvalue weighted by Gasteiger charge is 2.14. The van der Waals surface area contributed by atoms with Crippen molar-refractivity contribution in [2.75, 3.05) is 10.6 Å². The molecule has 0 aliphatic carbocycles. The van der Waals surface area contributed by atoms with Crippen molar-refractivity contribution in [2.24, 2.45) is 0 Å². The van der Waals surface area contributed by atoms with E-state index in [0.29, 0.717) is 17.2 Å². The van der Waals surface area contributed by atoms with Gasteiger partial charge in [0, 0.05) is 11.3 Å². The first-order chi connectivity index (χ1) is 12.8. The summed E-state index contributed by atoms with van der Waals surface area (Å²) in [6, 6.07) is 12.9. The van der Waals surface area contributed by atoms with E-state index in [1.54, 1.807) is 16.8 Å². The Bertz CT molecular complexity index is 994. The van der Waals surface area contributed by atoms with Crippen LogP contribution in [-0.4, -0.2) is 14.9 Å². The van der Waals surface area contributed by atoms with Crippen LogP contribution in [-0.2, 0) is 6.54 Å². The number of hydrogen-bond donors (Lipinski definition) is 2. The molecule has 140 valence electrons. The summed E-state index contributed by atoms with van der Waals surface area (Å²) in [7, 11) is 0. The average molecular weight is 383 g/mol. The van der Waals surface area contributed by atoms with E-state index in [2.05, 4.69) is 41.7 Å². The first kappa shape index (κ1) is 19.0. The second kappa shape index (κ2) is 7.88. The van der Waals surface area contributed by atoms with E-state index in [1.807, 2.05) is 26.0 Å². The summed E-state index contributed by atoms with van der Waals surface area (Å²) in [6.07, 6.45) is 0. The minimum absolute atomic E-state index is 0.230. The van der Waals surface area contributed by atoms with Crippen LogP contribution in [0.3, 0.4) is 0 Å². The molecule has 3 rings (SSSR count). The number of halogens is 1. The molecule has 0 bridgehead atoms. The van der Waals surface area contributed by atoms with Gasteiger partial charge in [-0.05, 0) is 69.2 Å². The summed E-state index contributed by atoms with van der Waals surface area (Å²) < 4.78 is 15.7. The molecule has 3 aromatic rings. The third-order valence-corrected chi connectivity index (χ3v) is 4.87. The van der Waals surface area contributed by atoms with Gasteiger partial charge in [0.2, 0.25) is 0 Å². The van der Waals surface area contributed by atoms with Crippen molar-refractivity contribution in [1.82, 2.24) is 9.78 Å². The standard InChI is InChI=1S/C21H23FN4S/c1-13-9-10-18(11-14(13)2)23-21(27)24-20-15(3)25-26(16(20)4)12-17-7-5-6-8-19(17)22/h5-11H,12H2,1-4H3,(H2,23,24,27). The lowest BCUT2D eigenvalue weighted by atomic mass is 10.1. The van der Waals surface area contributed by atoms with Crippen LogP contribution in [0, 0.1) is 33.5 Å². The lowest BCUT2D eigenvalue weighted by Gasteiger charge is -2.12. The number of anilines is 2. The lowest BCUT2D eigenvalue weighted by Crippen LogP contribution is -2.20. The zero-order valence-electron chi connectivity index (χ0n) is 15.9. The van der Waals surface area contributed by atoms with Gasteiger partial charge in [-0.2, -0.15) is 5.10 Å². The van der Waals surface area contributed by atoms with Gasteiger partial charge < -0.3 is 10.6 Å². The van der Waals surface area contributed by atoms with E-state index in [0.717, 1.165) is 22.8 Å². The molecule has 1 heterocycles. The number of nitrogens with zero attached hydrogens (tertiary/aromatic N) is 2. The van der Waals surface area contributed by atoms with Crippen LogP contribution >= 0.6 is 12.2 Å². The van der Waals surface area contributed by atoms with Crippen molar-refractivity contribution in [1.29, 1.82) is 0 Å². The lowest BCUT2D eigenvalue weighted by molar-refractivity contribution is 0.579. The van der Waals surface area contributed by atoms with Crippen LogP contribution in [0.2, 0.25) is 0 Å². The van der Waals surface area contributed by atoms with Gasteiger partial charge in [0.05, 0.1) is 23.6 Å². The van der Waals surface area contributed by atoms with Crippen LogP contribution in [0.1, 0.15) is 28.1 Å². The maximum absolute atomic E-state index is 13.9. The van der Waals surface area contributed by atoms with Gasteiger partial charge in [-0.15, -0.1) is 0 Å². The molecule has 0 fully saturated rings. The van der Waals surface area contributed by atoms with E-state index in [9.17, 15) is 4.39 Å². The maximum Gasteiger partial charge on any atom is 0.175 e. The molecule has 27 heavy (non-hydrogen) atoms. The van der Waals surface area contributed by atoms with E-state index < -0.39 is 0 Å².